The quantitative estimate of drug-likeness (QED) is 0.779. The maximum absolute atomic E-state index is 9.79. The summed E-state index contributed by atoms with van der Waals surface area (Å²) in [5.41, 5.74) is 1.15. The predicted octanol–water partition coefficient (Wildman–Crippen LogP) is 2.33. The molecular formula is C15H23NO2. The number of hydrogen-bond donors (Lipinski definition) is 2. The number of aliphatic hydroxyl groups excluding tert-OH is 1. The van der Waals surface area contributed by atoms with E-state index in [1.165, 1.54) is 12.8 Å². The van der Waals surface area contributed by atoms with E-state index in [1.807, 2.05) is 32.0 Å². The number of nitrogens with one attached hydrogen (secondary N) is 1. The molecule has 1 aromatic rings. The van der Waals surface area contributed by atoms with E-state index >= 15 is 0 Å². The van der Waals surface area contributed by atoms with Gasteiger partial charge in [0.25, 0.3) is 0 Å². The Morgan fingerprint density at radius 1 is 1.33 bits per heavy atom. The van der Waals surface area contributed by atoms with Crippen LogP contribution in [0.2, 0.25) is 0 Å². The van der Waals surface area contributed by atoms with E-state index < -0.39 is 0 Å². The number of benzene rings is 1. The highest BCUT2D eigenvalue weighted by Gasteiger charge is 2.29. The maximum atomic E-state index is 9.79. The fraction of sp³-hybridized carbons (Fsp3) is 0.600. The first-order valence-corrected chi connectivity index (χ1v) is 6.80. The lowest BCUT2D eigenvalue weighted by Crippen LogP contribution is -2.28. The van der Waals surface area contributed by atoms with Crippen LogP contribution in [0.3, 0.4) is 0 Å². The van der Waals surface area contributed by atoms with Crippen molar-refractivity contribution >= 4 is 0 Å². The van der Waals surface area contributed by atoms with E-state index in [2.05, 4.69) is 11.4 Å². The van der Waals surface area contributed by atoms with Crippen LogP contribution in [-0.2, 0) is 6.54 Å². The lowest BCUT2D eigenvalue weighted by molar-refractivity contribution is 0.148. The number of hydrogen-bond acceptors (Lipinski definition) is 3. The van der Waals surface area contributed by atoms with Crippen molar-refractivity contribution in [3.63, 3.8) is 0 Å². The normalized spacial score (nSPS) is 16.9. The molecule has 1 aromatic carbocycles. The van der Waals surface area contributed by atoms with Crippen LogP contribution >= 0.6 is 0 Å². The highest BCUT2D eigenvalue weighted by atomic mass is 16.5. The Balaban J connectivity index is 1.83. The van der Waals surface area contributed by atoms with E-state index in [9.17, 15) is 5.11 Å². The molecule has 1 aliphatic carbocycles. The number of aliphatic hydroxyl groups is 1. The first-order chi connectivity index (χ1) is 8.66. The Hall–Kier alpha value is -1.06. The van der Waals surface area contributed by atoms with Gasteiger partial charge in [-0.2, -0.15) is 0 Å². The van der Waals surface area contributed by atoms with Crippen molar-refractivity contribution in [2.75, 3.05) is 6.54 Å². The molecule has 3 heteroatoms. The summed E-state index contributed by atoms with van der Waals surface area (Å²) in [5.74, 6) is 1.46. The number of ether oxygens (including phenoxy) is 1. The fourth-order valence-electron chi connectivity index (χ4n) is 2.02. The summed E-state index contributed by atoms with van der Waals surface area (Å²) in [5, 5.41) is 13.1. The van der Waals surface area contributed by atoms with Crippen LogP contribution in [0.15, 0.2) is 24.3 Å². The van der Waals surface area contributed by atoms with Crippen LogP contribution in [0.4, 0.5) is 0 Å². The summed E-state index contributed by atoms with van der Waals surface area (Å²) < 4.78 is 5.76. The van der Waals surface area contributed by atoms with Gasteiger partial charge in [0.15, 0.2) is 0 Å². The highest BCUT2D eigenvalue weighted by molar-refractivity contribution is 5.33. The Kier molecular flexibility index (Phi) is 4.61. The van der Waals surface area contributed by atoms with Gasteiger partial charge in [-0.1, -0.05) is 18.2 Å². The summed E-state index contributed by atoms with van der Waals surface area (Å²) in [4.78, 5) is 0. The average Bonchev–Trinajstić information content (AvgIpc) is 3.14. The van der Waals surface area contributed by atoms with Gasteiger partial charge in [0.05, 0.1) is 12.2 Å². The molecule has 1 fully saturated rings. The molecule has 18 heavy (non-hydrogen) atoms. The van der Waals surface area contributed by atoms with Gasteiger partial charge in [-0.15, -0.1) is 0 Å². The molecule has 0 radical (unpaired) electrons. The summed E-state index contributed by atoms with van der Waals surface area (Å²) in [7, 11) is 0. The van der Waals surface area contributed by atoms with Crippen molar-refractivity contribution < 1.29 is 9.84 Å². The second-order valence-electron chi connectivity index (χ2n) is 5.31. The molecule has 0 spiro atoms. The Bertz CT molecular complexity index is 375. The van der Waals surface area contributed by atoms with Gasteiger partial charge in [0.2, 0.25) is 0 Å². The van der Waals surface area contributed by atoms with Crippen molar-refractivity contribution in [3.8, 4) is 5.75 Å². The Morgan fingerprint density at radius 3 is 2.72 bits per heavy atom. The van der Waals surface area contributed by atoms with Gasteiger partial charge in [-0.05, 0) is 38.7 Å². The van der Waals surface area contributed by atoms with Gasteiger partial charge >= 0.3 is 0 Å². The van der Waals surface area contributed by atoms with Crippen molar-refractivity contribution in [2.45, 2.75) is 45.4 Å². The topological polar surface area (TPSA) is 41.5 Å². The van der Waals surface area contributed by atoms with Gasteiger partial charge in [-0.3, -0.25) is 0 Å². The minimum atomic E-state index is -0.192. The van der Waals surface area contributed by atoms with Crippen LogP contribution in [0.1, 0.15) is 32.3 Å². The number of rotatable bonds is 7. The summed E-state index contributed by atoms with van der Waals surface area (Å²) in [6, 6.07) is 8.06. The minimum Gasteiger partial charge on any atom is -0.491 e. The van der Waals surface area contributed by atoms with Crippen molar-refractivity contribution in [1.29, 1.82) is 0 Å². The first kappa shape index (κ1) is 13.4. The van der Waals surface area contributed by atoms with Crippen molar-refractivity contribution in [2.24, 2.45) is 5.92 Å². The molecule has 0 saturated heterocycles. The standard InChI is InChI=1S/C15H23NO2/c1-11(2)18-15-6-4-3-5-13(15)9-16-10-14(17)12-7-8-12/h3-6,11-12,14,16-17H,7-10H2,1-2H3. The molecule has 0 aliphatic heterocycles. The largest absolute Gasteiger partial charge is 0.491 e. The van der Waals surface area contributed by atoms with Crippen LogP contribution in [0, 0.1) is 5.92 Å². The molecule has 1 atom stereocenters. The molecule has 0 bridgehead atoms. The zero-order valence-electron chi connectivity index (χ0n) is 11.2. The average molecular weight is 249 g/mol. The smallest absolute Gasteiger partial charge is 0.124 e. The van der Waals surface area contributed by atoms with Crippen LogP contribution in [-0.4, -0.2) is 23.9 Å². The molecule has 2 N–H and O–H groups in total. The van der Waals surface area contributed by atoms with Crippen LogP contribution < -0.4 is 10.1 Å². The zero-order chi connectivity index (χ0) is 13.0. The third kappa shape index (κ3) is 4.00. The van der Waals surface area contributed by atoms with Crippen molar-refractivity contribution in [1.82, 2.24) is 5.32 Å². The minimum absolute atomic E-state index is 0.184. The van der Waals surface area contributed by atoms with Crippen LogP contribution in [0.25, 0.3) is 0 Å². The third-order valence-electron chi connectivity index (χ3n) is 3.17. The fourth-order valence-corrected chi connectivity index (χ4v) is 2.02. The van der Waals surface area contributed by atoms with Crippen LogP contribution in [0.5, 0.6) is 5.75 Å². The molecule has 0 heterocycles. The molecule has 3 nitrogen and oxygen atoms in total. The second kappa shape index (κ2) is 6.21. The predicted molar refractivity (Wildman–Crippen MR) is 72.6 cm³/mol. The molecule has 1 unspecified atom stereocenters. The lowest BCUT2D eigenvalue weighted by Gasteiger charge is -2.15. The second-order valence-corrected chi connectivity index (χ2v) is 5.31. The number of para-hydroxylation sites is 1. The molecule has 0 amide bonds. The SMILES string of the molecule is CC(C)Oc1ccccc1CNCC(O)C1CC1. The molecular weight excluding hydrogens is 226 g/mol. The van der Waals surface area contributed by atoms with Crippen molar-refractivity contribution in [3.05, 3.63) is 29.8 Å². The molecule has 100 valence electrons. The third-order valence-corrected chi connectivity index (χ3v) is 3.17. The van der Waals surface area contributed by atoms with E-state index in [0.29, 0.717) is 12.5 Å². The van der Waals surface area contributed by atoms with E-state index in [0.717, 1.165) is 17.9 Å². The molecule has 0 aromatic heterocycles. The maximum Gasteiger partial charge on any atom is 0.124 e. The summed E-state index contributed by atoms with van der Waals surface area (Å²) in [6.45, 7) is 5.47. The van der Waals surface area contributed by atoms with Gasteiger partial charge in [-0.25, -0.2) is 0 Å². The molecule has 1 aliphatic rings. The Labute approximate surface area is 109 Å². The summed E-state index contributed by atoms with van der Waals surface area (Å²) in [6.07, 6.45) is 2.34. The molecule has 2 rings (SSSR count). The lowest BCUT2D eigenvalue weighted by atomic mass is 10.2. The van der Waals surface area contributed by atoms with Gasteiger partial charge in [0.1, 0.15) is 5.75 Å². The van der Waals surface area contributed by atoms with E-state index in [4.69, 9.17) is 4.74 Å². The highest BCUT2D eigenvalue weighted by Crippen LogP contribution is 2.32. The summed E-state index contributed by atoms with van der Waals surface area (Å²) >= 11 is 0. The zero-order valence-corrected chi connectivity index (χ0v) is 11.2. The van der Waals surface area contributed by atoms with E-state index in [1.54, 1.807) is 0 Å². The Morgan fingerprint density at radius 2 is 2.06 bits per heavy atom. The first-order valence-electron chi connectivity index (χ1n) is 6.80. The van der Waals surface area contributed by atoms with E-state index in [-0.39, 0.29) is 12.2 Å². The van der Waals surface area contributed by atoms with Gasteiger partial charge < -0.3 is 15.2 Å². The monoisotopic (exact) mass is 249 g/mol. The molecule has 1 saturated carbocycles. The van der Waals surface area contributed by atoms with Gasteiger partial charge in [0, 0.05) is 18.7 Å².